The molecule has 1 aliphatic rings. The molecule has 0 N–H and O–H groups in total. The van der Waals surface area contributed by atoms with E-state index >= 15 is 0 Å². The van der Waals surface area contributed by atoms with Crippen molar-refractivity contribution in [2.24, 2.45) is 10.9 Å². The quantitative estimate of drug-likeness (QED) is 0.345. The van der Waals surface area contributed by atoms with Crippen molar-refractivity contribution in [2.75, 3.05) is 13.7 Å². The Labute approximate surface area is 217 Å². The Balaban J connectivity index is 1.92. The Morgan fingerprint density at radius 3 is 2.57 bits per heavy atom. The summed E-state index contributed by atoms with van der Waals surface area (Å²) in [5, 5.41) is 0. The number of carbonyl (C=O) groups excluding carboxylic acids is 2. The third kappa shape index (κ3) is 5.43. The van der Waals surface area contributed by atoms with Crippen molar-refractivity contribution in [3.8, 4) is 11.5 Å². The van der Waals surface area contributed by atoms with Crippen LogP contribution in [0.2, 0.25) is 0 Å². The van der Waals surface area contributed by atoms with E-state index in [1.54, 1.807) is 37.3 Å². The van der Waals surface area contributed by atoms with Gasteiger partial charge in [0.2, 0.25) is 0 Å². The van der Waals surface area contributed by atoms with Gasteiger partial charge in [-0.3, -0.25) is 14.2 Å². The molecule has 0 spiro atoms. The van der Waals surface area contributed by atoms with Gasteiger partial charge >= 0.3 is 11.9 Å². The highest BCUT2D eigenvalue weighted by Crippen LogP contribution is 2.36. The molecule has 1 aliphatic heterocycles. The van der Waals surface area contributed by atoms with E-state index in [-0.39, 0.29) is 35.2 Å². The minimum Gasteiger partial charge on any atom is -0.493 e. The minimum atomic E-state index is -0.836. The van der Waals surface area contributed by atoms with Gasteiger partial charge in [-0.2, -0.15) is 0 Å². The van der Waals surface area contributed by atoms with E-state index < -0.39 is 18.0 Å². The van der Waals surface area contributed by atoms with Crippen molar-refractivity contribution in [3.05, 3.63) is 78.4 Å². The lowest BCUT2D eigenvalue weighted by Crippen LogP contribution is -2.40. The van der Waals surface area contributed by atoms with Crippen molar-refractivity contribution in [3.63, 3.8) is 0 Å². The summed E-state index contributed by atoms with van der Waals surface area (Å²) in [6, 6.07) is 7.66. The van der Waals surface area contributed by atoms with Crippen molar-refractivity contribution < 1.29 is 28.2 Å². The first-order valence-corrected chi connectivity index (χ1v) is 12.5. The van der Waals surface area contributed by atoms with Gasteiger partial charge in [-0.1, -0.05) is 31.3 Å². The maximum absolute atomic E-state index is 13.7. The SMILES string of the molecule is COc1cc([C@H]2C(C(=O)OCC(C)C)=C(C)N=c3s/c(=C/c4ccc(C)o4)c(=O)n32)ccc1OC(C)=O. The molecule has 0 amide bonds. The molecule has 3 heterocycles. The number of ether oxygens (including phenoxy) is 3. The molecular weight excluding hydrogens is 496 g/mol. The Hall–Kier alpha value is -3.92. The first kappa shape index (κ1) is 26.2. The van der Waals surface area contributed by atoms with Crippen LogP contribution in [0.25, 0.3) is 6.08 Å². The van der Waals surface area contributed by atoms with Gasteiger partial charge in [-0.15, -0.1) is 0 Å². The molecule has 1 atom stereocenters. The largest absolute Gasteiger partial charge is 0.493 e. The average molecular weight is 525 g/mol. The molecule has 194 valence electrons. The number of rotatable bonds is 7. The number of fused-ring (bicyclic) bond motifs is 1. The molecule has 0 aliphatic carbocycles. The van der Waals surface area contributed by atoms with Crippen LogP contribution in [-0.4, -0.2) is 30.2 Å². The third-order valence-corrected chi connectivity index (χ3v) is 6.56. The van der Waals surface area contributed by atoms with E-state index in [0.29, 0.717) is 26.4 Å². The zero-order chi connectivity index (χ0) is 26.9. The number of methoxy groups -OCH3 is 1. The Kier molecular flexibility index (Phi) is 7.49. The van der Waals surface area contributed by atoms with E-state index in [9.17, 15) is 14.4 Å². The van der Waals surface area contributed by atoms with Crippen molar-refractivity contribution in [1.29, 1.82) is 0 Å². The molecular formula is C27H28N2O7S. The molecule has 9 nitrogen and oxygen atoms in total. The lowest BCUT2D eigenvalue weighted by molar-refractivity contribution is -0.140. The van der Waals surface area contributed by atoms with E-state index in [4.69, 9.17) is 18.6 Å². The first-order chi connectivity index (χ1) is 17.6. The fraction of sp³-hybridized carbons (Fsp3) is 0.333. The highest BCUT2D eigenvalue weighted by Gasteiger charge is 2.34. The van der Waals surface area contributed by atoms with Crippen LogP contribution in [-0.2, 0) is 14.3 Å². The molecule has 0 unspecified atom stereocenters. The van der Waals surface area contributed by atoms with E-state index in [2.05, 4.69) is 4.99 Å². The second-order valence-electron chi connectivity index (χ2n) is 9.03. The molecule has 0 saturated carbocycles. The number of nitrogens with zero attached hydrogens (tertiary/aromatic N) is 2. The average Bonchev–Trinajstić information content (AvgIpc) is 3.38. The van der Waals surface area contributed by atoms with Crippen LogP contribution in [0.1, 0.15) is 50.8 Å². The number of hydrogen-bond donors (Lipinski definition) is 0. The molecule has 37 heavy (non-hydrogen) atoms. The number of allylic oxidation sites excluding steroid dienone is 1. The number of benzene rings is 1. The molecule has 3 aromatic rings. The van der Waals surface area contributed by atoms with Crippen LogP contribution in [0.15, 0.2) is 55.8 Å². The second kappa shape index (κ2) is 10.6. The fourth-order valence-electron chi connectivity index (χ4n) is 3.97. The monoisotopic (exact) mass is 524 g/mol. The number of aryl methyl sites for hydroxylation is 1. The van der Waals surface area contributed by atoms with Crippen molar-refractivity contribution in [1.82, 2.24) is 4.57 Å². The Morgan fingerprint density at radius 2 is 1.95 bits per heavy atom. The van der Waals surface area contributed by atoms with Gasteiger partial charge in [0, 0.05) is 13.0 Å². The van der Waals surface area contributed by atoms with E-state index in [0.717, 1.165) is 5.76 Å². The summed E-state index contributed by atoms with van der Waals surface area (Å²) in [5.41, 5.74) is 0.937. The summed E-state index contributed by atoms with van der Waals surface area (Å²) >= 11 is 1.20. The highest BCUT2D eigenvalue weighted by atomic mass is 32.1. The summed E-state index contributed by atoms with van der Waals surface area (Å²) in [6.07, 6.45) is 1.66. The normalized spacial score (nSPS) is 15.4. The van der Waals surface area contributed by atoms with Gasteiger partial charge in [-0.05, 0) is 49.6 Å². The van der Waals surface area contributed by atoms with Gasteiger partial charge < -0.3 is 18.6 Å². The number of esters is 2. The lowest BCUT2D eigenvalue weighted by Gasteiger charge is -2.25. The minimum absolute atomic E-state index is 0.129. The zero-order valence-corrected chi connectivity index (χ0v) is 22.3. The standard InChI is InChI=1S/C27H28N2O7S/c1-14(2)13-34-26(32)23-16(4)28-27-29(25(31)22(37-27)12-19-9-7-15(3)35-19)24(23)18-8-10-20(36-17(5)30)21(11-18)33-6/h7-12,14,24H,13H2,1-6H3/b22-12+/t24-/m0/s1. The van der Waals surface area contributed by atoms with Gasteiger partial charge in [0.1, 0.15) is 11.5 Å². The Morgan fingerprint density at radius 1 is 1.19 bits per heavy atom. The smallest absolute Gasteiger partial charge is 0.338 e. The van der Waals surface area contributed by atoms with Crippen LogP contribution in [0, 0.1) is 12.8 Å². The van der Waals surface area contributed by atoms with Gasteiger partial charge in [0.15, 0.2) is 16.3 Å². The second-order valence-corrected chi connectivity index (χ2v) is 10.0. The summed E-state index contributed by atoms with van der Waals surface area (Å²) in [5.74, 6) is 0.848. The molecule has 2 aromatic heterocycles. The summed E-state index contributed by atoms with van der Waals surface area (Å²) < 4.78 is 23.8. The van der Waals surface area contributed by atoms with Crippen molar-refractivity contribution >= 4 is 29.4 Å². The number of furan rings is 1. The van der Waals surface area contributed by atoms with Crippen LogP contribution >= 0.6 is 11.3 Å². The summed E-state index contributed by atoms with van der Waals surface area (Å²) in [7, 11) is 1.45. The zero-order valence-electron chi connectivity index (χ0n) is 21.5. The number of thiazole rings is 1. The lowest BCUT2D eigenvalue weighted by atomic mass is 9.95. The molecule has 1 aromatic carbocycles. The maximum atomic E-state index is 13.7. The molecule has 4 rings (SSSR count). The first-order valence-electron chi connectivity index (χ1n) is 11.7. The number of carbonyl (C=O) groups is 2. The predicted molar refractivity (Wildman–Crippen MR) is 137 cm³/mol. The highest BCUT2D eigenvalue weighted by molar-refractivity contribution is 7.07. The van der Waals surface area contributed by atoms with E-state index in [1.807, 2.05) is 26.8 Å². The van der Waals surface area contributed by atoms with Crippen molar-refractivity contribution in [2.45, 2.75) is 40.7 Å². The number of hydrogen-bond acceptors (Lipinski definition) is 9. The Bertz CT molecular complexity index is 1570. The van der Waals surface area contributed by atoms with Gasteiger partial charge in [0.05, 0.1) is 35.6 Å². The maximum Gasteiger partial charge on any atom is 0.338 e. The van der Waals surface area contributed by atoms with Gasteiger partial charge in [0.25, 0.3) is 5.56 Å². The fourth-order valence-corrected chi connectivity index (χ4v) is 5.00. The molecule has 10 heteroatoms. The number of aromatic nitrogens is 1. The molecule has 0 bridgehead atoms. The van der Waals surface area contributed by atoms with Crippen LogP contribution in [0.4, 0.5) is 0 Å². The predicted octanol–water partition coefficient (Wildman–Crippen LogP) is 3.27. The van der Waals surface area contributed by atoms with Gasteiger partial charge in [-0.25, -0.2) is 9.79 Å². The van der Waals surface area contributed by atoms with E-state index in [1.165, 1.54) is 29.9 Å². The molecule has 0 fully saturated rings. The molecule has 0 saturated heterocycles. The molecule has 0 radical (unpaired) electrons. The van der Waals surface area contributed by atoms with Crippen LogP contribution in [0.3, 0.4) is 0 Å². The topological polar surface area (TPSA) is 109 Å². The third-order valence-electron chi connectivity index (χ3n) is 5.58. The van der Waals surface area contributed by atoms with Crippen LogP contribution in [0.5, 0.6) is 11.5 Å². The summed E-state index contributed by atoms with van der Waals surface area (Å²) in [6.45, 7) is 8.94. The summed E-state index contributed by atoms with van der Waals surface area (Å²) in [4.78, 5) is 43.5. The van der Waals surface area contributed by atoms with Crippen LogP contribution < -0.4 is 24.4 Å².